The van der Waals surface area contributed by atoms with Gasteiger partial charge < -0.3 is 15.4 Å². The zero-order valence-electron chi connectivity index (χ0n) is 15.7. The van der Waals surface area contributed by atoms with Crippen LogP contribution in [0.5, 0.6) is 5.75 Å². The number of rotatable bonds is 8. The van der Waals surface area contributed by atoms with E-state index >= 15 is 0 Å². The summed E-state index contributed by atoms with van der Waals surface area (Å²) in [7, 11) is 0. The molecule has 27 heavy (non-hydrogen) atoms. The van der Waals surface area contributed by atoms with Crippen LogP contribution in [0.1, 0.15) is 18.9 Å². The number of guanidine groups is 1. The van der Waals surface area contributed by atoms with Crippen LogP contribution in [-0.2, 0) is 6.54 Å². The van der Waals surface area contributed by atoms with Gasteiger partial charge in [0.2, 0.25) is 0 Å². The third-order valence-electron chi connectivity index (χ3n) is 4.12. The SMILES string of the molecule is CCNC(=NCc1ccnc2ccccc12)NCCCOc1ccccc1. The number of ether oxygens (including phenoxy) is 1. The molecule has 0 aliphatic carbocycles. The Labute approximate surface area is 160 Å². The molecule has 0 atom stereocenters. The number of benzene rings is 2. The number of para-hydroxylation sites is 2. The van der Waals surface area contributed by atoms with Gasteiger partial charge in [0.15, 0.2) is 5.96 Å². The fourth-order valence-corrected chi connectivity index (χ4v) is 2.78. The van der Waals surface area contributed by atoms with E-state index in [-0.39, 0.29) is 0 Å². The molecule has 0 unspecified atom stereocenters. The van der Waals surface area contributed by atoms with E-state index in [0.717, 1.165) is 42.1 Å². The van der Waals surface area contributed by atoms with Gasteiger partial charge in [0.25, 0.3) is 0 Å². The Morgan fingerprint density at radius 2 is 1.81 bits per heavy atom. The third kappa shape index (κ3) is 5.71. The van der Waals surface area contributed by atoms with Gasteiger partial charge in [0, 0.05) is 24.7 Å². The minimum Gasteiger partial charge on any atom is -0.494 e. The summed E-state index contributed by atoms with van der Waals surface area (Å²) < 4.78 is 5.72. The Hall–Kier alpha value is -3.08. The monoisotopic (exact) mass is 362 g/mol. The number of aliphatic imine (C=N–C) groups is 1. The number of hydrogen-bond acceptors (Lipinski definition) is 3. The first-order valence-electron chi connectivity index (χ1n) is 9.39. The standard InChI is InChI=1S/C22H26N4O/c1-2-23-22(25-14-8-16-27-19-9-4-3-5-10-19)26-17-18-13-15-24-21-12-7-6-11-20(18)21/h3-7,9-13,15H,2,8,14,16-17H2,1H3,(H2,23,25,26). The molecule has 5 nitrogen and oxygen atoms in total. The van der Waals surface area contributed by atoms with E-state index in [1.165, 1.54) is 5.56 Å². The van der Waals surface area contributed by atoms with Crippen molar-refractivity contribution < 1.29 is 4.74 Å². The van der Waals surface area contributed by atoms with Gasteiger partial charge in [-0.1, -0.05) is 36.4 Å². The first-order chi connectivity index (χ1) is 13.4. The highest BCUT2D eigenvalue weighted by molar-refractivity contribution is 5.83. The van der Waals surface area contributed by atoms with Crippen LogP contribution < -0.4 is 15.4 Å². The van der Waals surface area contributed by atoms with E-state index in [1.54, 1.807) is 0 Å². The second-order valence-corrected chi connectivity index (χ2v) is 6.12. The van der Waals surface area contributed by atoms with Crippen molar-refractivity contribution in [2.45, 2.75) is 19.9 Å². The normalized spacial score (nSPS) is 11.4. The van der Waals surface area contributed by atoms with Crippen molar-refractivity contribution in [3.05, 3.63) is 72.4 Å². The van der Waals surface area contributed by atoms with E-state index in [4.69, 9.17) is 9.73 Å². The van der Waals surface area contributed by atoms with Crippen molar-refractivity contribution in [1.82, 2.24) is 15.6 Å². The molecular weight excluding hydrogens is 336 g/mol. The van der Waals surface area contributed by atoms with E-state index < -0.39 is 0 Å². The number of fused-ring (bicyclic) bond motifs is 1. The maximum Gasteiger partial charge on any atom is 0.191 e. The molecule has 0 fully saturated rings. The topological polar surface area (TPSA) is 58.5 Å². The highest BCUT2D eigenvalue weighted by Gasteiger charge is 2.02. The largest absolute Gasteiger partial charge is 0.494 e. The van der Waals surface area contributed by atoms with Crippen molar-refractivity contribution in [2.75, 3.05) is 19.7 Å². The molecule has 3 aromatic rings. The minimum absolute atomic E-state index is 0.610. The van der Waals surface area contributed by atoms with Gasteiger partial charge in [-0.2, -0.15) is 0 Å². The predicted octanol–water partition coefficient (Wildman–Crippen LogP) is 3.76. The van der Waals surface area contributed by atoms with Gasteiger partial charge in [-0.3, -0.25) is 4.98 Å². The number of aromatic nitrogens is 1. The summed E-state index contributed by atoms with van der Waals surface area (Å²) in [4.78, 5) is 9.12. The van der Waals surface area contributed by atoms with Gasteiger partial charge >= 0.3 is 0 Å². The summed E-state index contributed by atoms with van der Waals surface area (Å²) in [5.41, 5.74) is 2.17. The molecule has 2 N–H and O–H groups in total. The Bertz CT molecular complexity index is 859. The maximum absolute atomic E-state index is 5.72. The molecule has 0 spiro atoms. The van der Waals surface area contributed by atoms with Gasteiger partial charge in [0.05, 0.1) is 18.7 Å². The molecule has 0 aliphatic rings. The maximum atomic E-state index is 5.72. The zero-order valence-corrected chi connectivity index (χ0v) is 15.7. The summed E-state index contributed by atoms with van der Waals surface area (Å²) in [5.74, 6) is 1.72. The summed E-state index contributed by atoms with van der Waals surface area (Å²) in [6.07, 6.45) is 2.74. The highest BCUT2D eigenvalue weighted by atomic mass is 16.5. The van der Waals surface area contributed by atoms with E-state index in [2.05, 4.69) is 28.6 Å². The Morgan fingerprint density at radius 1 is 1.00 bits per heavy atom. The third-order valence-corrected chi connectivity index (χ3v) is 4.12. The molecule has 0 radical (unpaired) electrons. The van der Waals surface area contributed by atoms with Crippen molar-refractivity contribution in [3.8, 4) is 5.75 Å². The fourth-order valence-electron chi connectivity index (χ4n) is 2.78. The number of pyridine rings is 1. The molecule has 1 heterocycles. The quantitative estimate of drug-likeness (QED) is 0.364. The number of nitrogens with one attached hydrogen (secondary N) is 2. The van der Waals surface area contributed by atoms with Crippen LogP contribution in [0, 0.1) is 0 Å². The molecule has 0 aliphatic heterocycles. The van der Waals surface area contributed by atoms with Crippen LogP contribution in [0.3, 0.4) is 0 Å². The molecule has 0 amide bonds. The van der Waals surface area contributed by atoms with Crippen molar-refractivity contribution >= 4 is 16.9 Å². The van der Waals surface area contributed by atoms with Crippen LogP contribution in [-0.4, -0.2) is 30.6 Å². The molecule has 0 bridgehead atoms. The summed E-state index contributed by atoms with van der Waals surface area (Å²) in [6.45, 7) is 4.97. The second-order valence-electron chi connectivity index (χ2n) is 6.12. The first-order valence-corrected chi connectivity index (χ1v) is 9.39. The van der Waals surface area contributed by atoms with Gasteiger partial charge in [-0.05, 0) is 43.2 Å². The molecule has 5 heteroatoms. The van der Waals surface area contributed by atoms with Crippen molar-refractivity contribution in [1.29, 1.82) is 0 Å². The molecule has 1 aromatic heterocycles. The van der Waals surface area contributed by atoms with Gasteiger partial charge in [-0.15, -0.1) is 0 Å². The van der Waals surface area contributed by atoms with Crippen LogP contribution in [0.25, 0.3) is 10.9 Å². The molecule has 0 saturated carbocycles. The lowest BCUT2D eigenvalue weighted by Gasteiger charge is -2.12. The molecule has 0 saturated heterocycles. The molecule has 2 aromatic carbocycles. The lowest BCUT2D eigenvalue weighted by atomic mass is 10.1. The molecular formula is C22H26N4O. The summed E-state index contributed by atoms with van der Waals surface area (Å²) in [6, 6.07) is 20.1. The Balaban J connectivity index is 1.51. The van der Waals surface area contributed by atoms with Crippen LogP contribution in [0.2, 0.25) is 0 Å². The van der Waals surface area contributed by atoms with Crippen molar-refractivity contribution in [2.24, 2.45) is 4.99 Å². The Kier molecular flexibility index (Phi) is 7.04. The van der Waals surface area contributed by atoms with Gasteiger partial charge in [-0.25, -0.2) is 4.99 Å². The second kappa shape index (κ2) is 10.2. The van der Waals surface area contributed by atoms with Gasteiger partial charge in [0.1, 0.15) is 5.75 Å². The number of hydrogen-bond donors (Lipinski definition) is 2. The minimum atomic E-state index is 0.610. The summed E-state index contributed by atoms with van der Waals surface area (Å²) >= 11 is 0. The van der Waals surface area contributed by atoms with E-state index in [1.807, 2.05) is 60.8 Å². The molecule has 3 rings (SSSR count). The van der Waals surface area contributed by atoms with E-state index in [9.17, 15) is 0 Å². The average molecular weight is 362 g/mol. The number of nitrogens with zero attached hydrogens (tertiary/aromatic N) is 2. The fraction of sp³-hybridized carbons (Fsp3) is 0.273. The zero-order chi connectivity index (χ0) is 18.7. The highest BCUT2D eigenvalue weighted by Crippen LogP contribution is 2.16. The smallest absolute Gasteiger partial charge is 0.191 e. The van der Waals surface area contributed by atoms with E-state index in [0.29, 0.717) is 13.2 Å². The molecule has 140 valence electrons. The predicted molar refractivity (Wildman–Crippen MR) is 111 cm³/mol. The lowest BCUT2D eigenvalue weighted by molar-refractivity contribution is 0.311. The van der Waals surface area contributed by atoms with Crippen molar-refractivity contribution in [3.63, 3.8) is 0 Å². The van der Waals surface area contributed by atoms with Crippen LogP contribution >= 0.6 is 0 Å². The lowest BCUT2D eigenvalue weighted by Crippen LogP contribution is -2.38. The van der Waals surface area contributed by atoms with Crippen LogP contribution in [0.4, 0.5) is 0 Å². The summed E-state index contributed by atoms with van der Waals surface area (Å²) in [5, 5.41) is 7.81. The van der Waals surface area contributed by atoms with Crippen LogP contribution in [0.15, 0.2) is 71.9 Å². The first kappa shape index (κ1) is 18.7. The Morgan fingerprint density at radius 3 is 2.67 bits per heavy atom. The average Bonchev–Trinajstić information content (AvgIpc) is 2.72.